The van der Waals surface area contributed by atoms with Gasteiger partial charge in [-0.1, -0.05) is 13.8 Å². The van der Waals surface area contributed by atoms with Gasteiger partial charge < -0.3 is 14.4 Å². The van der Waals surface area contributed by atoms with Gasteiger partial charge in [-0.15, -0.1) is 0 Å². The van der Waals surface area contributed by atoms with Crippen molar-refractivity contribution in [2.75, 3.05) is 32.7 Å². The van der Waals surface area contributed by atoms with E-state index in [0.717, 1.165) is 24.5 Å². The lowest BCUT2D eigenvalue weighted by atomic mass is 10.1. The molecule has 0 bridgehead atoms. The van der Waals surface area contributed by atoms with Gasteiger partial charge in [0, 0.05) is 25.3 Å². The van der Waals surface area contributed by atoms with E-state index in [0.29, 0.717) is 0 Å². The SMILES string of the molecule is CC.COc1cc2c(cc1OC)N(C)CC2. The molecule has 1 heterocycles. The second-order valence-corrected chi connectivity index (χ2v) is 3.51. The van der Waals surface area contributed by atoms with Crippen LogP contribution in [0.15, 0.2) is 12.1 Å². The largest absolute Gasteiger partial charge is 0.493 e. The monoisotopic (exact) mass is 223 g/mol. The van der Waals surface area contributed by atoms with Crippen LogP contribution >= 0.6 is 0 Å². The van der Waals surface area contributed by atoms with E-state index in [1.54, 1.807) is 14.2 Å². The van der Waals surface area contributed by atoms with Crippen LogP contribution in [0.25, 0.3) is 0 Å². The molecule has 0 aromatic heterocycles. The Bertz CT molecular complexity index is 349. The van der Waals surface area contributed by atoms with Crippen molar-refractivity contribution in [3.05, 3.63) is 17.7 Å². The van der Waals surface area contributed by atoms with Crippen LogP contribution in [0.2, 0.25) is 0 Å². The van der Waals surface area contributed by atoms with Crippen LogP contribution in [0.3, 0.4) is 0 Å². The molecule has 0 atom stereocenters. The highest BCUT2D eigenvalue weighted by molar-refractivity contribution is 5.64. The number of hydrogen-bond donors (Lipinski definition) is 0. The Morgan fingerprint density at radius 1 is 1.06 bits per heavy atom. The first kappa shape index (κ1) is 12.7. The molecular weight excluding hydrogens is 202 g/mol. The molecule has 0 radical (unpaired) electrons. The number of benzene rings is 1. The van der Waals surface area contributed by atoms with Gasteiger partial charge >= 0.3 is 0 Å². The molecule has 0 aliphatic carbocycles. The van der Waals surface area contributed by atoms with Gasteiger partial charge in [0.2, 0.25) is 0 Å². The average molecular weight is 223 g/mol. The Morgan fingerprint density at radius 3 is 2.19 bits per heavy atom. The summed E-state index contributed by atoms with van der Waals surface area (Å²) in [4.78, 5) is 2.23. The van der Waals surface area contributed by atoms with Crippen LogP contribution < -0.4 is 14.4 Å². The van der Waals surface area contributed by atoms with E-state index >= 15 is 0 Å². The van der Waals surface area contributed by atoms with E-state index in [2.05, 4.69) is 18.0 Å². The van der Waals surface area contributed by atoms with E-state index in [1.165, 1.54) is 11.3 Å². The molecule has 2 rings (SSSR count). The second-order valence-electron chi connectivity index (χ2n) is 3.51. The smallest absolute Gasteiger partial charge is 0.162 e. The van der Waals surface area contributed by atoms with Crippen molar-refractivity contribution in [3.8, 4) is 11.5 Å². The van der Waals surface area contributed by atoms with Gasteiger partial charge in [-0.2, -0.15) is 0 Å². The molecular formula is C13H21NO2. The lowest BCUT2D eigenvalue weighted by molar-refractivity contribution is 0.355. The normalized spacial score (nSPS) is 12.7. The Kier molecular flexibility index (Phi) is 4.47. The molecule has 0 spiro atoms. The maximum Gasteiger partial charge on any atom is 0.162 e. The molecule has 16 heavy (non-hydrogen) atoms. The van der Waals surface area contributed by atoms with Gasteiger partial charge in [-0.3, -0.25) is 0 Å². The number of methoxy groups -OCH3 is 2. The quantitative estimate of drug-likeness (QED) is 0.769. The van der Waals surface area contributed by atoms with Crippen molar-refractivity contribution in [1.82, 2.24) is 0 Å². The van der Waals surface area contributed by atoms with Gasteiger partial charge in [0.05, 0.1) is 14.2 Å². The first-order chi connectivity index (χ1) is 7.76. The van der Waals surface area contributed by atoms with E-state index < -0.39 is 0 Å². The second kappa shape index (κ2) is 5.64. The maximum atomic E-state index is 5.26. The molecule has 0 N–H and O–H groups in total. The van der Waals surface area contributed by atoms with Gasteiger partial charge in [-0.05, 0) is 18.1 Å². The van der Waals surface area contributed by atoms with Crippen LogP contribution in [0.1, 0.15) is 19.4 Å². The molecule has 1 aliphatic rings. The predicted octanol–water partition coefficient (Wildman–Crippen LogP) is 2.72. The van der Waals surface area contributed by atoms with Gasteiger partial charge in [-0.25, -0.2) is 0 Å². The first-order valence-electron chi connectivity index (χ1n) is 5.72. The lowest BCUT2D eigenvalue weighted by Crippen LogP contribution is -2.12. The minimum Gasteiger partial charge on any atom is -0.493 e. The minimum atomic E-state index is 0.806. The van der Waals surface area contributed by atoms with E-state index in [-0.39, 0.29) is 0 Å². The molecule has 1 aliphatic heterocycles. The van der Waals surface area contributed by atoms with Crippen molar-refractivity contribution >= 4 is 5.69 Å². The predicted molar refractivity (Wildman–Crippen MR) is 67.9 cm³/mol. The fraction of sp³-hybridized carbons (Fsp3) is 0.538. The number of fused-ring (bicyclic) bond motifs is 1. The highest BCUT2D eigenvalue weighted by atomic mass is 16.5. The average Bonchev–Trinajstić information content (AvgIpc) is 2.71. The number of rotatable bonds is 2. The first-order valence-corrected chi connectivity index (χ1v) is 5.72. The van der Waals surface area contributed by atoms with Crippen molar-refractivity contribution in [2.24, 2.45) is 0 Å². The highest BCUT2D eigenvalue weighted by Crippen LogP contribution is 2.37. The van der Waals surface area contributed by atoms with Gasteiger partial charge in [0.25, 0.3) is 0 Å². The topological polar surface area (TPSA) is 21.7 Å². The number of nitrogens with zero attached hydrogens (tertiary/aromatic N) is 1. The molecule has 0 saturated carbocycles. The van der Waals surface area contributed by atoms with Crippen molar-refractivity contribution in [3.63, 3.8) is 0 Å². The van der Waals surface area contributed by atoms with E-state index in [9.17, 15) is 0 Å². The third-order valence-electron chi connectivity index (χ3n) is 2.71. The van der Waals surface area contributed by atoms with Crippen molar-refractivity contribution in [1.29, 1.82) is 0 Å². The molecule has 90 valence electrons. The summed E-state index contributed by atoms with van der Waals surface area (Å²) in [5, 5.41) is 0. The molecule has 0 unspecified atom stereocenters. The van der Waals surface area contributed by atoms with E-state index in [4.69, 9.17) is 9.47 Å². The maximum absolute atomic E-state index is 5.26. The fourth-order valence-electron chi connectivity index (χ4n) is 1.87. The molecule has 3 nitrogen and oxygen atoms in total. The van der Waals surface area contributed by atoms with Crippen molar-refractivity contribution < 1.29 is 9.47 Å². The summed E-state index contributed by atoms with van der Waals surface area (Å²) >= 11 is 0. The molecule has 3 heteroatoms. The molecule has 1 aromatic carbocycles. The summed E-state index contributed by atoms with van der Waals surface area (Å²) in [5.41, 5.74) is 2.59. The van der Waals surface area contributed by atoms with Crippen LogP contribution in [0.4, 0.5) is 5.69 Å². The Morgan fingerprint density at radius 2 is 1.62 bits per heavy atom. The van der Waals surface area contributed by atoms with Crippen LogP contribution in [0.5, 0.6) is 11.5 Å². The number of ether oxygens (including phenoxy) is 2. The third-order valence-corrected chi connectivity index (χ3v) is 2.71. The standard InChI is InChI=1S/C11H15NO2.C2H6/c1-12-5-4-8-6-10(13-2)11(14-3)7-9(8)12;1-2/h6-7H,4-5H2,1-3H3;1-2H3. The number of likely N-dealkylation sites (N-methyl/N-ethyl adjacent to an activating group) is 1. The summed E-state index contributed by atoms with van der Waals surface area (Å²) in [6.45, 7) is 5.08. The molecule has 0 fully saturated rings. The van der Waals surface area contributed by atoms with Gasteiger partial charge in [0.1, 0.15) is 0 Å². The van der Waals surface area contributed by atoms with Crippen LogP contribution in [-0.2, 0) is 6.42 Å². The molecule has 1 aromatic rings. The van der Waals surface area contributed by atoms with Crippen LogP contribution in [0, 0.1) is 0 Å². The Balaban J connectivity index is 0.000000606. The van der Waals surface area contributed by atoms with Crippen LogP contribution in [-0.4, -0.2) is 27.8 Å². The highest BCUT2D eigenvalue weighted by Gasteiger charge is 2.19. The molecule has 0 saturated heterocycles. The van der Waals surface area contributed by atoms with Gasteiger partial charge in [0.15, 0.2) is 11.5 Å². The zero-order valence-corrected chi connectivity index (χ0v) is 10.8. The summed E-state index contributed by atoms with van der Waals surface area (Å²) in [6, 6.07) is 4.11. The Hall–Kier alpha value is -1.38. The zero-order valence-electron chi connectivity index (χ0n) is 10.8. The summed E-state index contributed by atoms with van der Waals surface area (Å²) in [5.74, 6) is 1.63. The van der Waals surface area contributed by atoms with E-state index in [1.807, 2.05) is 19.9 Å². The number of hydrogen-bond acceptors (Lipinski definition) is 3. The number of anilines is 1. The minimum absolute atomic E-state index is 0.806. The Labute approximate surface area is 98.0 Å². The fourth-order valence-corrected chi connectivity index (χ4v) is 1.87. The summed E-state index contributed by atoms with van der Waals surface area (Å²) in [7, 11) is 5.43. The van der Waals surface area contributed by atoms with Crippen molar-refractivity contribution in [2.45, 2.75) is 20.3 Å². The lowest BCUT2D eigenvalue weighted by Gasteiger charge is -2.14. The third kappa shape index (κ3) is 2.23. The molecule has 0 amide bonds. The summed E-state index contributed by atoms with van der Waals surface area (Å²) < 4.78 is 10.5. The zero-order chi connectivity index (χ0) is 12.1. The summed E-state index contributed by atoms with van der Waals surface area (Å²) in [6.07, 6.45) is 1.09.